The summed E-state index contributed by atoms with van der Waals surface area (Å²) in [5, 5.41) is 0. The van der Waals surface area contributed by atoms with Crippen LogP contribution in [-0.4, -0.2) is 47.8 Å². The molecule has 0 saturated carbocycles. The minimum Gasteiger partial charge on any atom is -0.472 e. The number of hydrogen-bond donors (Lipinski definition) is 0. The maximum Gasteiger partial charge on any atom is 0.257 e. The summed E-state index contributed by atoms with van der Waals surface area (Å²) in [4.78, 5) is 27.7. The van der Waals surface area contributed by atoms with Gasteiger partial charge in [0.15, 0.2) is 0 Å². The van der Waals surface area contributed by atoms with Gasteiger partial charge in [-0.3, -0.25) is 9.59 Å². The summed E-state index contributed by atoms with van der Waals surface area (Å²) >= 11 is 0. The Hall–Kier alpha value is -1.78. The minimum absolute atomic E-state index is 0.0760. The fraction of sp³-hybridized carbons (Fsp3) is 0.600. The van der Waals surface area contributed by atoms with E-state index in [2.05, 4.69) is 0 Å². The van der Waals surface area contributed by atoms with Crippen molar-refractivity contribution in [3.63, 3.8) is 0 Å². The zero-order chi connectivity index (χ0) is 15.0. The summed E-state index contributed by atoms with van der Waals surface area (Å²) in [7, 11) is 0. The molecular formula is C15H24N2O3. The lowest BCUT2D eigenvalue weighted by Crippen LogP contribution is -2.37. The van der Waals surface area contributed by atoms with Gasteiger partial charge in [0, 0.05) is 32.6 Å². The van der Waals surface area contributed by atoms with Crippen LogP contribution in [0, 0.1) is 0 Å². The molecular weight excluding hydrogens is 256 g/mol. The Morgan fingerprint density at radius 3 is 2.30 bits per heavy atom. The van der Waals surface area contributed by atoms with E-state index in [9.17, 15) is 9.59 Å². The Bertz CT molecular complexity index is 411. The first-order chi connectivity index (χ1) is 9.63. The quantitative estimate of drug-likeness (QED) is 0.734. The Morgan fingerprint density at radius 1 is 1.10 bits per heavy atom. The van der Waals surface area contributed by atoms with Gasteiger partial charge in [-0.05, 0) is 26.3 Å². The third kappa shape index (κ3) is 4.40. The van der Waals surface area contributed by atoms with E-state index in [0.717, 1.165) is 6.42 Å². The standard InChI is InChI=1S/C15H24N2O3/c1-4-9-17(15(19)13-8-11-20-12-13)10-7-14(18)16(5-2)6-3/h8,11-12H,4-7,9-10H2,1-3H3. The average Bonchev–Trinajstić information content (AvgIpc) is 2.98. The number of furan rings is 1. The normalized spacial score (nSPS) is 10.3. The van der Waals surface area contributed by atoms with Crippen molar-refractivity contribution in [2.24, 2.45) is 0 Å². The number of amides is 2. The molecule has 0 atom stereocenters. The van der Waals surface area contributed by atoms with Crippen molar-refractivity contribution in [2.45, 2.75) is 33.6 Å². The molecule has 0 fully saturated rings. The van der Waals surface area contributed by atoms with Crippen molar-refractivity contribution in [2.75, 3.05) is 26.2 Å². The molecule has 0 saturated heterocycles. The van der Waals surface area contributed by atoms with Gasteiger partial charge in [-0.1, -0.05) is 6.92 Å². The van der Waals surface area contributed by atoms with Crippen molar-refractivity contribution in [3.8, 4) is 0 Å². The number of nitrogens with zero attached hydrogens (tertiary/aromatic N) is 2. The predicted octanol–water partition coefficient (Wildman–Crippen LogP) is 2.39. The first kappa shape index (κ1) is 16.3. The summed E-state index contributed by atoms with van der Waals surface area (Å²) in [5.41, 5.74) is 0.536. The second-order valence-electron chi connectivity index (χ2n) is 4.62. The van der Waals surface area contributed by atoms with Gasteiger partial charge in [0.05, 0.1) is 11.8 Å². The molecule has 0 unspecified atom stereocenters. The van der Waals surface area contributed by atoms with Gasteiger partial charge in [0.25, 0.3) is 5.91 Å². The van der Waals surface area contributed by atoms with Gasteiger partial charge in [-0.2, -0.15) is 0 Å². The van der Waals surface area contributed by atoms with Crippen LogP contribution in [0.1, 0.15) is 44.0 Å². The fourth-order valence-electron chi connectivity index (χ4n) is 2.12. The van der Waals surface area contributed by atoms with Gasteiger partial charge < -0.3 is 14.2 Å². The molecule has 2 amide bonds. The lowest BCUT2D eigenvalue weighted by atomic mass is 10.2. The highest BCUT2D eigenvalue weighted by Crippen LogP contribution is 2.08. The Kier molecular flexibility index (Phi) is 6.84. The van der Waals surface area contributed by atoms with Gasteiger partial charge in [0.1, 0.15) is 6.26 Å². The molecule has 0 aromatic carbocycles. The largest absolute Gasteiger partial charge is 0.472 e. The molecule has 5 nitrogen and oxygen atoms in total. The monoisotopic (exact) mass is 280 g/mol. The number of carbonyl (C=O) groups is 2. The molecule has 0 aliphatic rings. The van der Waals surface area contributed by atoms with Gasteiger partial charge in [-0.25, -0.2) is 0 Å². The zero-order valence-corrected chi connectivity index (χ0v) is 12.6. The second-order valence-corrected chi connectivity index (χ2v) is 4.62. The Labute approximate surface area is 120 Å². The topological polar surface area (TPSA) is 53.8 Å². The van der Waals surface area contributed by atoms with Crippen LogP contribution in [0.4, 0.5) is 0 Å². The van der Waals surface area contributed by atoms with Crippen LogP contribution >= 0.6 is 0 Å². The first-order valence-electron chi connectivity index (χ1n) is 7.23. The number of hydrogen-bond acceptors (Lipinski definition) is 3. The molecule has 0 aliphatic carbocycles. The molecule has 0 N–H and O–H groups in total. The maximum absolute atomic E-state index is 12.3. The van der Waals surface area contributed by atoms with Crippen molar-refractivity contribution in [3.05, 3.63) is 24.2 Å². The molecule has 112 valence electrons. The van der Waals surface area contributed by atoms with Crippen molar-refractivity contribution >= 4 is 11.8 Å². The fourth-order valence-corrected chi connectivity index (χ4v) is 2.12. The highest BCUT2D eigenvalue weighted by atomic mass is 16.3. The Morgan fingerprint density at radius 2 is 1.80 bits per heavy atom. The first-order valence-corrected chi connectivity index (χ1v) is 7.23. The molecule has 0 radical (unpaired) electrons. The summed E-state index contributed by atoms with van der Waals surface area (Å²) in [6.45, 7) is 8.45. The highest BCUT2D eigenvalue weighted by molar-refractivity contribution is 5.94. The van der Waals surface area contributed by atoms with E-state index in [4.69, 9.17) is 4.42 Å². The Balaban J connectivity index is 2.59. The van der Waals surface area contributed by atoms with Crippen molar-refractivity contribution < 1.29 is 14.0 Å². The van der Waals surface area contributed by atoms with Crippen LogP contribution in [0.15, 0.2) is 23.0 Å². The van der Waals surface area contributed by atoms with Crippen molar-refractivity contribution in [1.29, 1.82) is 0 Å². The highest BCUT2D eigenvalue weighted by Gasteiger charge is 2.18. The summed E-state index contributed by atoms with van der Waals surface area (Å²) < 4.78 is 4.94. The third-order valence-corrected chi connectivity index (χ3v) is 3.26. The van der Waals surface area contributed by atoms with Crippen LogP contribution < -0.4 is 0 Å². The van der Waals surface area contributed by atoms with Crippen LogP contribution in [-0.2, 0) is 4.79 Å². The molecule has 1 rings (SSSR count). The lowest BCUT2D eigenvalue weighted by Gasteiger charge is -2.24. The summed E-state index contributed by atoms with van der Waals surface area (Å²) in [6, 6.07) is 1.65. The number of carbonyl (C=O) groups excluding carboxylic acids is 2. The van der Waals surface area contributed by atoms with Crippen LogP contribution in [0.2, 0.25) is 0 Å². The van der Waals surface area contributed by atoms with Gasteiger partial charge in [0.2, 0.25) is 5.91 Å². The van der Waals surface area contributed by atoms with E-state index in [0.29, 0.717) is 38.2 Å². The third-order valence-electron chi connectivity index (χ3n) is 3.26. The van der Waals surface area contributed by atoms with E-state index in [1.54, 1.807) is 15.9 Å². The molecule has 1 heterocycles. The second kappa shape index (κ2) is 8.40. The summed E-state index contributed by atoms with van der Waals surface area (Å²) in [5.74, 6) is 0.0176. The molecule has 1 aromatic rings. The van der Waals surface area contributed by atoms with E-state index < -0.39 is 0 Å². The van der Waals surface area contributed by atoms with E-state index in [1.807, 2.05) is 20.8 Å². The molecule has 0 bridgehead atoms. The van der Waals surface area contributed by atoms with E-state index in [1.165, 1.54) is 12.5 Å². The van der Waals surface area contributed by atoms with Crippen LogP contribution in [0.3, 0.4) is 0 Å². The minimum atomic E-state index is -0.0760. The van der Waals surface area contributed by atoms with Gasteiger partial charge >= 0.3 is 0 Å². The maximum atomic E-state index is 12.3. The number of rotatable bonds is 8. The molecule has 0 spiro atoms. The van der Waals surface area contributed by atoms with E-state index in [-0.39, 0.29) is 11.8 Å². The van der Waals surface area contributed by atoms with Crippen LogP contribution in [0.5, 0.6) is 0 Å². The molecule has 1 aromatic heterocycles. The lowest BCUT2D eigenvalue weighted by molar-refractivity contribution is -0.131. The molecule has 20 heavy (non-hydrogen) atoms. The van der Waals surface area contributed by atoms with Gasteiger partial charge in [-0.15, -0.1) is 0 Å². The average molecular weight is 280 g/mol. The predicted molar refractivity (Wildman–Crippen MR) is 77.4 cm³/mol. The summed E-state index contributed by atoms with van der Waals surface area (Å²) in [6.07, 6.45) is 4.16. The zero-order valence-electron chi connectivity index (χ0n) is 12.6. The van der Waals surface area contributed by atoms with E-state index >= 15 is 0 Å². The molecule has 0 aliphatic heterocycles. The van der Waals surface area contributed by atoms with Crippen molar-refractivity contribution in [1.82, 2.24) is 9.80 Å². The SMILES string of the molecule is CCCN(CCC(=O)N(CC)CC)C(=O)c1ccoc1. The molecule has 5 heteroatoms. The van der Waals surface area contributed by atoms with Crippen LogP contribution in [0.25, 0.3) is 0 Å². The smallest absolute Gasteiger partial charge is 0.257 e.